The third-order valence-electron chi connectivity index (χ3n) is 1.33. The van der Waals surface area contributed by atoms with Crippen LogP contribution in [-0.2, 0) is 9.59 Å². The van der Waals surface area contributed by atoms with Crippen LogP contribution < -0.4 is 0 Å². The number of hydrogen-bond donors (Lipinski definition) is 0. The lowest BCUT2D eigenvalue weighted by atomic mass is 10.3. The fraction of sp³-hybridized carbons (Fsp3) is 0.250. The van der Waals surface area contributed by atoms with Gasteiger partial charge in [0.2, 0.25) is 0 Å². The molecule has 2 amide bonds. The zero-order chi connectivity index (χ0) is 8.43. The summed E-state index contributed by atoms with van der Waals surface area (Å²) in [6, 6.07) is 0. The summed E-state index contributed by atoms with van der Waals surface area (Å²) in [5.41, 5.74) is 0.801. The molecule has 58 valence electrons. The number of nitrogens with zero attached hydrogens (tertiary/aromatic N) is 1. The molecule has 0 spiro atoms. The Morgan fingerprint density at radius 3 is 2.27 bits per heavy atom. The van der Waals surface area contributed by atoms with Gasteiger partial charge in [0.15, 0.2) is 0 Å². The highest BCUT2D eigenvalue weighted by atomic mass is 16.2. The van der Waals surface area contributed by atoms with Crippen LogP contribution >= 0.6 is 0 Å². The normalized spacial score (nSPS) is 16.3. The summed E-state index contributed by atoms with van der Waals surface area (Å²) in [5, 5.41) is 0. The molecular formula is C8H9NO2. The van der Waals surface area contributed by atoms with E-state index < -0.39 is 0 Å². The number of hydrogen-bond acceptors (Lipinski definition) is 2. The predicted molar refractivity (Wildman–Crippen MR) is 40.7 cm³/mol. The van der Waals surface area contributed by atoms with Crippen molar-refractivity contribution in [2.45, 2.75) is 6.92 Å². The Balaban J connectivity index is 2.66. The summed E-state index contributed by atoms with van der Waals surface area (Å²) in [7, 11) is 0. The van der Waals surface area contributed by atoms with E-state index in [4.69, 9.17) is 0 Å². The molecule has 0 saturated heterocycles. The molecule has 0 N–H and O–H groups in total. The van der Waals surface area contributed by atoms with Gasteiger partial charge in [-0.15, -0.1) is 0 Å². The van der Waals surface area contributed by atoms with E-state index in [1.165, 1.54) is 12.2 Å². The first-order chi connectivity index (χ1) is 5.11. The van der Waals surface area contributed by atoms with Gasteiger partial charge < -0.3 is 0 Å². The maximum absolute atomic E-state index is 10.9. The number of imide groups is 1. The van der Waals surface area contributed by atoms with Gasteiger partial charge >= 0.3 is 0 Å². The molecule has 0 atom stereocenters. The molecule has 0 radical (unpaired) electrons. The highest BCUT2D eigenvalue weighted by molar-refractivity contribution is 6.13. The molecule has 1 rings (SSSR count). The minimum Gasteiger partial charge on any atom is -0.271 e. The summed E-state index contributed by atoms with van der Waals surface area (Å²) in [6.45, 7) is 5.71. The molecule has 1 aliphatic rings. The van der Waals surface area contributed by atoms with Gasteiger partial charge in [-0.2, -0.15) is 0 Å². The number of amides is 2. The van der Waals surface area contributed by atoms with E-state index in [0.29, 0.717) is 6.54 Å². The molecular weight excluding hydrogens is 142 g/mol. The quantitative estimate of drug-likeness (QED) is 0.425. The van der Waals surface area contributed by atoms with Crippen molar-refractivity contribution in [2.75, 3.05) is 6.54 Å². The molecule has 0 aromatic carbocycles. The number of rotatable bonds is 2. The second-order valence-corrected chi connectivity index (χ2v) is 2.55. The zero-order valence-electron chi connectivity index (χ0n) is 6.33. The van der Waals surface area contributed by atoms with Crippen LogP contribution in [0.2, 0.25) is 0 Å². The summed E-state index contributed by atoms with van der Waals surface area (Å²) < 4.78 is 0. The molecule has 3 nitrogen and oxygen atoms in total. The minimum atomic E-state index is -0.252. The lowest BCUT2D eigenvalue weighted by Crippen LogP contribution is -2.31. The fourth-order valence-corrected chi connectivity index (χ4v) is 0.857. The molecule has 1 aliphatic heterocycles. The Morgan fingerprint density at radius 2 is 1.91 bits per heavy atom. The van der Waals surface area contributed by atoms with Gasteiger partial charge in [0.1, 0.15) is 0 Å². The predicted octanol–water partition coefficient (Wildman–Crippen LogP) is 0.488. The third-order valence-corrected chi connectivity index (χ3v) is 1.33. The molecule has 3 heteroatoms. The van der Waals surface area contributed by atoms with Crippen LogP contribution in [0, 0.1) is 0 Å². The van der Waals surface area contributed by atoms with Gasteiger partial charge in [-0.3, -0.25) is 14.5 Å². The van der Waals surface area contributed by atoms with Crippen molar-refractivity contribution in [3.8, 4) is 0 Å². The van der Waals surface area contributed by atoms with Crippen LogP contribution in [0.5, 0.6) is 0 Å². The monoisotopic (exact) mass is 151 g/mol. The van der Waals surface area contributed by atoms with E-state index in [1.807, 2.05) is 0 Å². The van der Waals surface area contributed by atoms with Crippen molar-refractivity contribution in [3.05, 3.63) is 24.3 Å². The van der Waals surface area contributed by atoms with Crippen molar-refractivity contribution in [1.82, 2.24) is 4.90 Å². The van der Waals surface area contributed by atoms with Gasteiger partial charge in [0.05, 0.1) is 0 Å². The Morgan fingerprint density at radius 1 is 1.45 bits per heavy atom. The van der Waals surface area contributed by atoms with Crippen LogP contribution in [0.4, 0.5) is 0 Å². The second-order valence-electron chi connectivity index (χ2n) is 2.55. The summed E-state index contributed by atoms with van der Waals surface area (Å²) in [4.78, 5) is 22.9. The first-order valence-corrected chi connectivity index (χ1v) is 3.29. The smallest absolute Gasteiger partial charge is 0.253 e. The van der Waals surface area contributed by atoms with Crippen LogP contribution in [0.1, 0.15) is 6.92 Å². The SMILES string of the molecule is C=C(C)CN1C(=O)C=CC1=O. The molecule has 11 heavy (non-hydrogen) atoms. The number of carbonyl (C=O) groups excluding carboxylic acids is 2. The standard InChI is InChI=1S/C8H9NO2/c1-6(2)5-9-7(10)3-4-8(9)11/h3-4H,1,5H2,2H3. The second kappa shape index (κ2) is 2.70. The van der Waals surface area contributed by atoms with Crippen LogP contribution in [-0.4, -0.2) is 23.3 Å². The van der Waals surface area contributed by atoms with Crippen molar-refractivity contribution < 1.29 is 9.59 Å². The first-order valence-electron chi connectivity index (χ1n) is 3.29. The minimum absolute atomic E-state index is 0.252. The van der Waals surface area contributed by atoms with E-state index in [0.717, 1.165) is 10.5 Å². The first kappa shape index (κ1) is 7.72. The third kappa shape index (κ3) is 1.55. The molecule has 1 heterocycles. The number of carbonyl (C=O) groups is 2. The van der Waals surface area contributed by atoms with Crippen LogP contribution in [0.15, 0.2) is 24.3 Å². The maximum atomic E-state index is 10.9. The lowest BCUT2D eigenvalue weighted by Gasteiger charge is -2.12. The molecule has 0 saturated carbocycles. The highest BCUT2D eigenvalue weighted by Gasteiger charge is 2.22. The van der Waals surface area contributed by atoms with Crippen LogP contribution in [0.3, 0.4) is 0 Å². The summed E-state index contributed by atoms with van der Waals surface area (Å²) in [6.07, 6.45) is 2.54. The topological polar surface area (TPSA) is 37.4 Å². The fourth-order valence-electron chi connectivity index (χ4n) is 0.857. The van der Waals surface area contributed by atoms with Crippen molar-refractivity contribution in [2.24, 2.45) is 0 Å². The van der Waals surface area contributed by atoms with Gasteiger partial charge in [0, 0.05) is 18.7 Å². The molecule has 0 aromatic rings. The molecule has 0 fully saturated rings. The van der Waals surface area contributed by atoms with Crippen molar-refractivity contribution >= 4 is 11.8 Å². The maximum Gasteiger partial charge on any atom is 0.253 e. The Kier molecular flexibility index (Phi) is 1.89. The largest absolute Gasteiger partial charge is 0.271 e. The van der Waals surface area contributed by atoms with Crippen molar-refractivity contribution in [3.63, 3.8) is 0 Å². The van der Waals surface area contributed by atoms with Crippen LogP contribution in [0.25, 0.3) is 0 Å². The highest BCUT2D eigenvalue weighted by Crippen LogP contribution is 2.05. The van der Waals surface area contributed by atoms with Gasteiger partial charge in [-0.1, -0.05) is 12.2 Å². The molecule has 0 bridgehead atoms. The Labute approximate surface area is 65.0 Å². The van der Waals surface area contributed by atoms with Gasteiger partial charge in [-0.25, -0.2) is 0 Å². The van der Waals surface area contributed by atoms with Crippen molar-refractivity contribution in [1.29, 1.82) is 0 Å². The Bertz CT molecular complexity index is 235. The summed E-state index contributed by atoms with van der Waals surface area (Å²) in [5.74, 6) is -0.504. The van der Waals surface area contributed by atoms with E-state index in [9.17, 15) is 9.59 Å². The van der Waals surface area contributed by atoms with E-state index >= 15 is 0 Å². The molecule has 0 unspecified atom stereocenters. The van der Waals surface area contributed by atoms with E-state index in [1.54, 1.807) is 6.92 Å². The van der Waals surface area contributed by atoms with Gasteiger partial charge in [0.25, 0.3) is 11.8 Å². The Hall–Kier alpha value is -1.38. The van der Waals surface area contributed by atoms with Gasteiger partial charge in [-0.05, 0) is 6.92 Å². The lowest BCUT2D eigenvalue weighted by molar-refractivity contribution is -0.136. The van der Waals surface area contributed by atoms with E-state index in [-0.39, 0.29) is 11.8 Å². The van der Waals surface area contributed by atoms with E-state index in [2.05, 4.69) is 6.58 Å². The summed E-state index contributed by atoms with van der Waals surface area (Å²) >= 11 is 0. The molecule has 0 aliphatic carbocycles. The average molecular weight is 151 g/mol. The molecule has 0 aromatic heterocycles. The average Bonchev–Trinajstić information content (AvgIpc) is 2.18. The zero-order valence-corrected chi connectivity index (χ0v) is 6.33.